The van der Waals surface area contributed by atoms with Crippen molar-refractivity contribution in [2.24, 2.45) is 0 Å². The summed E-state index contributed by atoms with van der Waals surface area (Å²) in [5, 5.41) is 3.51. The van der Waals surface area contributed by atoms with E-state index in [1.807, 2.05) is 50.1 Å². The van der Waals surface area contributed by atoms with Gasteiger partial charge in [-0.1, -0.05) is 12.1 Å². The van der Waals surface area contributed by atoms with Gasteiger partial charge in [0.05, 0.1) is 25.3 Å². The van der Waals surface area contributed by atoms with Crippen LogP contribution in [0.1, 0.15) is 40.7 Å². The van der Waals surface area contributed by atoms with Crippen molar-refractivity contribution >= 4 is 28.2 Å². The van der Waals surface area contributed by atoms with E-state index >= 15 is 0 Å². The van der Waals surface area contributed by atoms with Crippen molar-refractivity contribution in [3.05, 3.63) is 46.3 Å². The molecule has 1 aromatic carbocycles. The van der Waals surface area contributed by atoms with Crippen LogP contribution in [0.3, 0.4) is 0 Å². The smallest absolute Gasteiger partial charge is 0.348 e. The summed E-state index contributed by atoms with van der Waals surface area (Å²) < 4.78 is 10.2. The molecule has 0 spiro atoms. The van der Waals surface area contributed by atoms with Gasteiger partial charge in [-0.25, -0.2) is 4.79 Å². The van der Waals surface area contributed by atoms with Crippen molar-refractivity contribution in [3.63, 3.8) is 0 Å². The topological polar surface area (TPSA) is 67.9 Å². The number of benzene rings is 1. The number of ether oxygens (including phenoxy) is 2. The van der Waals surface area contributed by atoms with Crippen LogP contribution in [0.25, 0.3) is 0 Å². The van der Waals surface area contributed by atoms with Gasteiger partial charge in [-0.05, 0) is 57.1 Å². The zero-order valence-electron chi connectivity index (χ0n) is 16.4. The number of methoxy groups -OCH3 is 1. The van der Waals surface area contributed by atoms with Crippen molar-refractivity contribution in [1.82, 2.24) is 4.90 Å². The van der Waals surface area contributed by atoms with Crippen LogP contribution in [0.2, 0.25) is 0 Å². The van der Waals surface area contributed by atoms with Crippen LogP contribution in [0.4, 0.5) is 5.00 Å². The van der Waals surface area contributed by atoms with E-state index in [-0.39, 0.29) is 24.5 Å². The lowest BCUT2D eigenvalue weighted by Gasteiger charge is -2.24. The maximum Gasteiger partial charge on any atom is 0.348 e. The Morgan fingerprint density at radius 2 is 1.93 bits per heavy atom. The number of nitrogens with zero attached hydrogens (tertiary/aromatic N) is 1. The number of hydrogen-bond acceptors (Lipinski definition) is 6. The second-order valence-electron chi connectivity index (χ2n) is 6.26. The SMILES string of the molecule is CCOC(=O)c1sc(NC(=O)CN(C)[C@H](C)c2ccc(OC)cc2)cc1C. The predicted octanol–water partition coefficient (Wildman–Crippen LogP) is 3.87. The summed E-state index contributed by atoms with van der Waals surface area (Å²) >= 11 is 1.23. The number of hydrogen-bond donors (Lipinski definition) is 1. The maximum absolute atomic E-state index is 12.4. The highest BCUT2D eigenvalue weighted by Gasteiger charge is 2.18. The summed E-state index contributed by atoms with van der Waals surface area (Å²) in [6.45, 7) is 6.20. The maximum atomic E-state index is 12.4. The molecule has 1 heterocycles. The van der Waals surface area contributed by atoms with E-state index in [1.165, 1.54) is 11.3 Å². The molecule has 6 nitrogen and oxygen atoms in total. The van der Waals surface area contributed by atoms with E-state index < -0.39 is 0 Å². The average Bonchev–Trinajstić information content (AvgIpc) is 3.01. The molecule has 0 aliphatic heterocycles. The van der Waals surface area contributed by atoms with Gasteiger partial charge in [0.25, 0.3) is 0 Å². The summed E-state index contributed by atoms with van der Waals surface area (Å²) in [5.74, 6) is 0.317. The number of aryl methyl sites for hydroxylation is 1. The molecule has 1 aromatic heterocycles. The molecule has 146 valence electrons. The molecule has 2 rings (SSSR count). The molecule has 0 saturated carbocycles. The first-order valence-corrected chi connectivity index (χ1v) is 9.59. The largest absolute Gasteiger partial charge is 0.497 e. The highest BCUT2D eigenvalue weighted by atomic mass is 32.1. The monoisotopic (exact) mass is 390 g/mol. The number of carbonyl (C=O) groups is 2. The van der Waals surface area contributed by atoms with Crippen LogP contribution in [0.5, 0.6) is 5.75 Å². The van der Waals surface area contributed by atoms with Gasteiger partial charge in [-0.15, -0.1) is 11.3 Å². The molecule has 0 aliphatic rings. The zero-order valence-corrected chi connectivity index (χ0v) is 17.2. The first kappa shape index (κ1) is 20.9. The van der Waals surface area contributed by atoms with Crippen molar-refractivity contribution in [1.29, 1.82) is 0 Å². The Bertz CT molecular complexity index is 786. The summed E-state index contributed by atoms with van der Waals surface area (Å²) in [6, 6.07) is 9.66. The number of rotatable bonds is 8. The van der Waals surface area contributed by atoms with Gasteiger partial charge < -0.3 is 14.8 Å². The normalized spacial score (nSPS) is 11.9. The first-order valence-electron chi connectivity index (χ1n) is 8.77. The van der Waals surface area contributed by atoms with Crippen LogP contribution in [0.15, 0.2) is 30.3 Å². The molecule has 27 heavy (non-hydrogen) atoms. The zero-order chi connectivity index (χ0) is 20.0. The minimum atomic E-state index is -0.356. The minimum Gasteiger partial charge on any atom is -0.497 e. The van der Waals surface area contributed by atoms with Crippen LogP contribution >= 0.6 is 11.3 Å². The Balaban J connectivity index is 1.96. The van der Waals surface area contributed by atoms with Crippen molar-refractivity contribution in [3.8, 4) is 5.75 Å². The minimum absolute atomic E-state index is 0.0711. The lowest BCUT2D eigenvalue weighted by molar-refractivity contribution is -0.117. The number of carbonyl (C=O) groups excluding carboxylic acids is 2. The van der Waals surface area contributed by atoms with Gasteiger partial charge in [-0.2, -0.15) is 0 Å². The van der Waals surface area contributed by atoms with E-state index in [2.05, 4.69) is 5.32 Å². The Labute approximate surface area is 164 Å². The fourth-order valence-corrected chi connectivity index (χ4v) is 3.60. The van der Waals surface area contributed by atoms with Gasteiger partial charge in [0.15, 0.2) is 0 Å². The summed E-state index contributed by atoms with van der Waals surface area (Å²) in [4.78, 5) is 26.8. The van der Waals surface area contributed by atoms with Crippen LogP contribution in [-0.4, -0.2) is 44.1 Å². The van der Waals surface area contributed by atoms with Gasteiger partial charge in [0.2, 0.25) is 5.91 Å². The van der Waals surface area contributed by atoms with Gasteiger partial charge in [0.1, 0.15) is 10.6 Å². The van der Waals surface area contributed by atoms with Crippen molar-refractivity contribution in [2.75, 3.05) is 32.6 Å². The van der Waals surface area contributed by atoms with E-state index in [9.17, 15) is 9.59 Å². The molecular formula is C20H26N2O4S. The molecule has 1 atom stereocenters. The number of thiophene rings is 1. The molecular weight excluding hydrogens is 364 g/mol. The third-order valence-electron chi connectivity index (χ3n) is 4.29. The molecule has 1 N–H and O–H groups in total. The van der Waals surface area contributed by atoms with E-state index in [0.717, 1.165) is 16.9 Å². The third-order valence-corrected chi connectivity index (χ3v) is 5.43. The van der Waals surface area contributed by atoms with Crippen molar-refractivity contribution in [2.45, 2.75) is 26.8 Å². The summed E-state index contributed by atoms with van der Waals surface area (Å²) in [6.07, 6.45) is 0. The van der Waals surface area contributed by atoms with Gasteiger partial charge >= 0.3 is 5.97 Å². The Morgan fingerprint density at radius 3 is 2.52 bits per heavy atom. The molecule has 7 heteroatoms. The summed E-state index contributed by atoms with van der Waals surface area (Å²) in [7, 11) is 3.53. The summed E-state index contributed by atoms with van der Waals surface area (Å²) in [5.41, 5.74) is 1.90. The Hall–Kier alpha value is -2.38. The number of nitrogens with one attached hydrogen (secondary N) is 1. The van der Waals surface area contributed by atoms with Crippen LogP contribution in [0, 0.1) is 6.92 Å². The number of esters is 1. The predicted molar refractivity (Wildman–Crippen MR) is 108 cm³/mol. The average molecular weight is 391 g/mol. The lowest BCUT2D eigenvalue weighted by Crippen LogP contribution is -2.32. The molecule has 0 aliphatic carbocycles. The highest BCUT2D eigenvalue weighted by Crippen LogP contribution is 2.27. The third kappa shape index (κ3) is 5.55. The van der Waals surface area contributed by atoms with E-state index in [1.54, 1.807) is 20.1 Å². The van der Waals surface area contributed by atoms with Gasteiger partial charge in [-0.3, -0.25) is 9.69 Å². The highest BCUT2D eigenvalue weighted by molar-refractivity contribution is 7.18. The molecule has 0 saturated heterocycles. The molecule has 1 amide bonds. The second kappa shape index (κ2) is 9.53. The fourth-order valence-electron chi connectivity index (χ4n) is 2.62. The number of anilines is 1. The van der Waals surface area contributed by atoms with E-state index in [0.29, 0.717) is 16.5 Å². The van der Waals surface area contributed by atoms with Crippen LogP contribution < -0.4 is 10.1 Å². The van der Waals surface area contributed by atoms with E-state index in [4.69, 9.17) is 9.47 Å². The Kier molecular flexibility index (Phi) is 7.38. The number of amides is 1. The molecule has 2 aromatic rings. The van der Waals surface area contributed by atoms with Gasteiger partial charge in [0, 0.05) is 6.04 Å². The lowest BCUT2D eigenvalue weighted by atomic mass is 10.1. The second-order valence-corrected chi connectivity index (χ2v) is 7.31. The molecule has 0 radical (unpaired) electrons. The van der Waals surface area contributed by atoms with Crippen molar-refractivity contribution < 1.29 is 19.1 Å². The molecule has 0 bridgehead atoms. The first-order chi connectivity index (χ1) is 12.8. The quantitative estimate of drug-likeness (QED) is 0.693. The Morgan fingerprint density at radius 1 is 1.26 bits per heavy atom. The molecule has 0 fully saturated rings. The molecule has 0 unspecified atom stereocenters. The fraction of sp³-hybridized carbons (Fsp3) is 0.400. The van der Waals surface area contributed by atoms with Crippen LogP contribution in [-0.2, 0) is 9.53 Å². The standard InChI is InChI=1S/C20H26N2O4S/c1-6-26-20(24)19-13(2)11-18(27-19)21-17(23)12-22(4)14(3)15-7-9-16(25-5)10-8-15/h7-11,14H,6,12H2,1-5H3,(H,21,23)/t14-/m1/s1. The number of likely N-dealkylation sites (N-methyl/N-ethyl adjacent to an activating group) is 1.